The van der Waals surface area contributed by atoms with Crippen LogP contribution in [0.1, 0.15) is 20.8 Å². The first-order chi connectivity index (χ1) is 14.3. The highest BCUT2D eigenvalue weighted by Gasteiger charge is 2.50. The third-order valence-electron chi connectivity index (χ3n) is 4.93. The standard InChI is InChI=1S/C21H26FN3O5/c1-20(2,3)30-19(26)23-8-14(7-22)9-28-15-4-5-16-17(6-15)29-18(24-16)25-10-21(11-25)12-27-13-21/h4-7H,8-13H2,1-3H3,(H,23,26)/b14-7+. The number of oxazole rings is 1. The van der Waals surface area contributed by atoms with E-state index in [1.807, 2.05) is 0 Å². The lowest BCUT2D eigenvalue weighted by atomic mass is 9.78. The molecule has 0 radical (unpaired) electrons. The Labute approximate surface area is 174 Å². The SMILES string of the molecule is CC(C)(C)OC(=O)NC/C(=C\F)COc1ccc2nc(N3CC4(COC4)C3)oc2c1. The van der Waals surface area contributed by atoms with Gasteiger partial charge in [0.25, 0.3) is 6.01 Å². The molecule has 8 nitrogen and oxygen atoms in total. The molecule has 2 aromatic rings. The van der Waals surface area contributed by atoms with E-state index in [-0.39, 0.29) is 24.1 Å². The number of carbonyl (C=O) groups is 1. The third kappa shape index (κ3) is 4.51. The number of nitrogens with zero attached hydrogens (tertiary/aromatic N) is 2. The van der Waals surface area contributed by atoms with Gasteiger partial charge in [-0.2, -0.15) is 4.98 Å². The number of hydrogen-bond donors (Lipinski definition) is 1. The van der Waals surface area contributed by atoms with Crippen molar-refractivity contribution < 1.29 is 27.8 Å². The fraction of sp³-hybridized carbons (Fsp3) is 0.524. The molecule has 0 atom stereocenters. The van der Waals surface area contributed by atoms with Gasteiger partial charge in [0.05, 0.1) is 25.0 Å². The second kappa shape index (κ2) is 7.79. The summed E-state index contributed by atoms with van der Waals surface area (Å²) in [5.74, 6) is 0.522. The van der Waals surface area contributed by atoms with Crippen molar-refractivity contribution in [3.05, 3.63) is 30.1 Å². The van der Waals surface area contributed by atoms with Gasteiger partial charge in [0.2, 0.25) is 0 Å². The van der Waals surface area contributed by atoms with Gasteiger partial charge in [-0.1, -0.05) is 0 Å². The topological polar surface area (TPSA) is 86.1 Å². The van der Waals surface area contributed by atoms with Crippen molar-refractivity contribution >= 4 is 23.2 Å². The number of aromatic nitrogens is 1. The van der Waals surface area contributed by atoms with E-state index in [4.69, 9.17) is 18.6 Å². The van der Waals surface area contributed by atoms with Crippen molar-refractivity contribution in [3.63, 3.8) is 0 Å². The summed E-state index contributed by atoms with van der Waals surface area (Å²) in [6.45, 7) is 8.62. The van der Waals surface area contributed by atoms with E-state index in [9.17, 15) is 9.18 Å². The van der Waals surface area contributed by atoms with Crippen molar-refractivity contribution in [2.45, 2.75) is 26.4 Å². The molecular formula is C21H26FN3O5. The number of hydrogen-bond acceptors (Lipinski definition) is 7. The number of alkyl carbamates (subject to hydrolysis) is 1. The van der Waals surface area contributed by atoms with Crippen LogP contribution in [0.25, 0.3) is 11.1 Å². The first kappa shape index (κ1) is 20.5. The van der Waals surface area contributed by atoms with Gasteiger partial charge in [0.15, 0.2) is 5.58 Å². The van der Waals surface area contributed by atoms with Crippen molar-refractivity contribution in [2.24, 2.45) is 5.41 Å². The Hall–Kier alpha value is -2.81. The van der Waals surface area contributed by atoms with Gasteiger partial charge < -0.3 is 28.8 Å². The van der Waals surface area contributed by atoms with Crippen molar-refractivity contribution in [1.29, 1.82) is 0 Å². The second-order valence-corrected chi connectivity index (χ2v) is 8.89. The van der Waals surface area contributed by atoms with Gasteiger partial charge in [0, 0.05) is 31.3 Å². The Kier molecular flexibility index (Phi) is 5.31. The zero-order chi connectivity index (χ0) is 21.4. The molecule has 0 unspecified atom stereocenters. The zero-order valence-electron chi connectivity index (χ0n) is 17.4. The quantitative estimate of drug-likeness (QED) is 0.768. The number of halogens is 1. The van der Waals surface area contributed by atoms with E-state index in [1.54, 1.807) is 39.0 Å². The molecule has 1 aromatic carbocycles. The van der Waals surface area contributed by atoms with Crippen LogP contribution < -0.4 is 15.0 Å². The number of carbonyl (C=O) groups excluding carboxylic acids is 1. The normalized spacial score (nSPS) is 18.1. The summed E-state index contributed by atoms with van der Waals surface area (Å²) in [5.41, 5.74) is 1.26. The molecule has 162 valence electrons. The van der Waals surface area contributed by atoms with Crippen molar-refractivity contribution in [1.82, 2.24) is 10.3 Å². The number of fused-ring (bicyclic) bond motifs is 1. The Morgan fingerprint density at radius 2 is 2.13 bits per heavy atom. The first-order valence-electron chi connectivity index (χ1n) is 9.86. The molecule has 2 aliphatic heterocycles. The first-order valence-corrected chi connectivity index (χ1v) is 9.86. The van der Waals surface area contributed by atoms with Crippen LogP contribution in [0, 0.1) is 5.41 Å². The van der Waals surface area contributed by atoms with E-state index in [0.29, 0.717) is 23.7 Å². The molecule has 2 fully saturated rings. The molecule has 0 aliphatic carbocycles. The monoisotopic (exact) mass is 419 g/mol. The van der Waals surface area contributed by atoms with Crippen LogP contribution in [0.5, 0.6) is 5.75 Å². The lowest BCUT2D eigenvalue weighted by Crippen LogP contribution is -2.66. The largest absolute Gasteiger partial charge is 0.489 e. The molecule has 1 N–H and O–H groups in total. The number of ether oxygens (including phenoxy) is 3. The molecule has 1 amide bonds. The molecule has 0 saturated carbocycles. The highest BCUT2D eigenvalue weighted by atomic mass is 19.1. The number of rotatable bonds is 6. The molecule has 9 heteroatoms. The lowest BCUT2D eigenvalue weighted by molar-refractivity contribution is -0.128. The van der Waals surface area contributed by atoms with Gasteiger partial charge in [-0.05, 0) is 32.9 Å². The number of amides is 1. The Morgan fingerprint density at radius 3 is 2.77 bits per heavy atom. The predicted octanol–water partition coefficient (Wildman–Crippen LogP) is 3.42. The number of benzene rings is 1. The molecule has 3 heterocycles. The molecule has 1 aromatic heterocycles. The van der Waals surface area contributed by atoms with E-state index < -0.39 is 11.7 Å². The lowest BCUT2D eigenvalue weighted by Gasteiger charge is -2.54. The van der Waals surface area contributed by atoms with Crippen LogP contribution >= 0.6 is 0 Å². The summed E-state index contributed by atoms with van der Waals surface area (Å²) in [4.78, 5) is 18.3. The minimum absolute atomic E-state index is 0.0134. The fourth-order valence-electron chi connectivity index (χ4n) is 3.39. The van der Waals surface area contributed by atoms with Gasteiger partial charge in [0.1, 0.15) is 23.5 Å². The van der Waals surface area contributed by atoms with Crippen LogP contribution in [0.2, 0.25) is 0 Å². The Bertz CT molecular complexity index is 953. The molecular weight excluding hydrogens is 393 g/mol. The number of nitrogens with one attached hydrogen (secondary N) is 1. The highest BCUT2D eigenvalue weighted by molar-refractivity contribution is 5.76. The van der Waals surface area contributed by atoms with Crippen molar-refractivity contribution in [3.8, 4) is 5.75 Å². The summed E-state index contributed by atoms with van der Waals surface area (Å²) in [5, 5.41) is 2.51. The molecule has 1 spiro atoms. The average molecular weight is 419 g/mol. The fourth-order valence-corrected chi connectivity index (χ4v) is 3.39. The third-order valence-corrected chi connectivity index (χ3v) is 4.93. The van der Waals surface area contributed by atoms with E-state index in [1.165, 1.54) is 0 Å². The minimum atomic E-state index is -0.617. The van der Waals surface area contributed by atoms with Crippen molar-refractivity contribution in [2.75, 3.05) is 44.4 Å². The van der Waals surface area contributed by atoms with E-state index in [2.05, 4.69) is 15.2 Å². The Morgan fingerprint density at radius 1 is 1.37 bits per heavy atom. The van der Waals surface area contributed by atoms with Gasteiger partial charge in [-0.25, -0.2) is 9.18 Å². The average Bonchev–Trinajstić information content (AvgIpc) is 3.00. The van der Waals surface area contributed by atoms with Gasteiger partial charge >= 0.3 is 6.09 Å². The maximum Gasteiger partial charge on any atom is 0.407 e. The van der Waals surface area contributed by atoms with Gasteiger partial charge in [-0.3, -0.25) is 0 Å². The minimum Gasteiger partial charge on any atom is -0.489 e. The Balaban J connectivity index is 1.30. The van der Waals surface area contributed by atoms with Gasteiger partial charge in [-0.15, -0.1) is 0 Å². The maximum atomic E-state index is 13.2. The maximum absolute atomic E-state index is 13.2. The molecule has 30 heavy (non-hydrogen) atoms. The zero-order valence-corrected chi connectivity index (χ0v) is 17.4. The molecule has 2 saturated heterocycles. The predicted molar refractivity (Wildman–Crippen MR) is 108 cm³/mol. The highest BCUT2D eigenvalue weighted by Crippen LogP contribution is 2.40. The molecule has 2 aliphatic rings. The van der Waals surface area contributed by atoms with Crippen LogP contribution in [0.3, 0.4) is 0 Å². The van der Waals surface area contributed by atoms with Crippen LogP contribution in [-0.4, -0.2) is 56.1 Å². The second-order valence-electron chi connectivity index (χ2n) is 8.89. The molecule has 0 bridgehead atoms. The van der Waals surface area contributed by atoms with Crippen LogP contribution in [-0.2, 0) is 9.47 Å². The van der Waals surface area contributed by atoms with E-state index in [0.717, 1.165) is 31.8 Å². The summed E-state index contributed by atoms with van der Waals surface area (Å²) in [7, 11) is 0. The number of anilines is 1. The smallest absolute Gasteiger partial charge is 0.407 e. The van der Waals surface area contributed by atoms with Crippen LogP contribution in [0.15, 0.2) is 34.5 Å². The van der Waals surface area contributed by atoms with E-state index >= 15 is 0 Å². The summed E-state index contributed by atoms with van der Waals surface area (Å²) < 4.78 is 35.1. The van der Waals surface area contributed by atoms with Crippen LogP contribution in [0.4, 0.5) is 15.2 Å². The summed E-state index contributed by atoms with van der Waals surface area (Å²) in [6.07, 6.45) is -0.189. The summed E-state index contributed by atoms with van der Waals surface area (Å²) in [6, 6.07) is 5.87. The summed E-state index contributed by atoms with van der Waals surface area (Å²) >= 11 is 0. The molecule has 4 rings (SSSR count).